The van der Waals surface area contributed by atoms with Gasteiger partial charge in [-0.25, -0.2) is 4.79 Å². The maximum Gasteiger partial charge on any atom is 0.341 e. The van der Waals surface area contributed by atoms with Crippen molar-refractivity contribution in [2.24, 2.45) is 5.92 Å². The molecule has 0 spiro atoms. The number of benzene rings is 1. The SMILES string of the molecule is COC(=O)c1c(NC(=O)CSc2cccc(NC(=O)C3CC3)c2)sc2c1CCCCCC2. The molecule has 2 aliphatic carbocycles. The molecule has 0 unspecified atom stereocenters. The van der Waals surface area contributed by atoms with Gasteiger partial charge in [-0.15, -0.1) is 23.1 Å². The summed E-state index contributed by atoms with van der Waals surface area (Å²) >= 11 is 2.91. The van der Waals surface area contributed by atoms with Crippen molar-refractivity contribution in [3.8, 4) is 0 Å². The van der Waals surface area contributed by atoms with E-state index in [9.17, 15) is 14.4 Å². The van der Waals surface area contributed by atoms with Crippen LogP contribution in [0.1, 0.15) is 59.3 Å². The lowest BCUT2D eigenvalue weighted by Gasteiger charge is -2.11. The number of thiophene rings is 1. The van der Waals surface area contributed by atoms with E-state index in [2.05, 4.69) is 10.6 Å². The van der Waals surface area contributed by atoms with Crippen molar-refractivity contribution < 1.29 is 19.1 Å². The molecule has 0 radical (unpaired) electrons. The number of hydrogen-bond donors (Lipinski definition) is 2. The molecule has 4 rings (SSSR count). The fraction of sp³-hybridized carbons (Fsp3) is 0.458. The van der Waals surface area contributed by atoms with Gasteiger partial charge in [0.1, 0.15) is 5.00 Å². The van der Waals surface area contributed by atoms with Gasteiger partial charge < -0.3 is 15.4 Å². The molecule has 32 heavy (non-hydrogen) atoms. The molecule has 0 bridgehead atoms. The summed E-state index contributed by atoms with van der Waals surface area (Å²) in [6.45, 7) is 0. The van der Waals surface area contributed by atoms with E-state index >= 15 is 0 Å². The zero-order valence-corrected chi connectivity index (χ0v) is 19.8. The van der Waals surface area contributed by atoms with Crippen LogP contribution in [0, 0.1) is 5.92 Å². The van der Waals surface area contributed by atoms with E-state index < -0.39 is 0 Å². The minimum atomic E-state index is -0.384. The lowest BCUT2D eigenvalue weighted by atomic mass is 9.96. The first-order chi connectivity index (χ1) is 15.5. The Bertz CT molecular complexity index is 1010. The average molecular weight is 473 g/mol. The largest absolute Gasteiger partial charge is 0.465 e. The minimum Gasteiger partial charge on any atom is -0.465 e. The summed E-state index contributed by atoms with van der Waals surface area (Å²) < 4.78 is 5.03. The fourth-order valence-electron chi connectivity index (χ4n) is 3.89. The van der Waals surface area contributed by atoms with Gasteiger partial charge in [-0.3, -0.25) is 9.59 Å². The van der Waals surface area contributed by atoms with E-state index in [1.165, 1.54) is 41.5 Å². The van der Waals surface area contributed by atoms with Crippen molar-refractivity contribution in [2.75, 3.05) is 23.5 Å². The second kappa shape index (κ2) is 10.5. The second-order valence-corrected chi connectivity index (χ2v) is 10.4. The molecule has 0 saturated heterocycles. The van der Waals surface area contributed by atoms with E-state index in [1.807, 2.05) is 24.3 Å². The standard InChI is InChI=1S/C24H28N2O4S2/c1-30-24(29)21-18-9-4-2-3-5-10-19(18)32-23(21)26-20(27)14-31-17-8-6-7-16(13-17)25-22(28)15-11-12-15/h6-8,13,15H,2-5,9-12,14H2,1H3,(H,25,28)(H,26,27). The third-order valence-electron chi connectivity index (χ3n) is 5.73. The molecular formula is C24H28N2O4S2. The molecule has 8 heteroatoms. The molecule has 1 aromatic heterocycles. The maximum atomic E-state index is 12.7. The smallest absolute Gasteiger partial charge is 0.341 e. The summed E-state index contributed by atoms with van der Waals surface area (Å²) in [5.74, 6) is -0.129. The monoisotopic (exact) mass is 472 g/mol. The summed E-state index contributed by atoms with van der Waals surface area (Å²) in [7, 11) is 1.38. The Hall–Kier alpha value is -2.32. The van der Waals surface area contributed by atoms with Crippen molar-refractivity contribution in [3.63, 3.8) is 0 Å². The van der Waals surface area contributed by atoms with Gasteiger partial charge >= 0.3 is 5.97 Å². The van der Waals surface area contributed by atoms with Crippen molar-refractivity contribution >= 4 is 51.6 Å². The van der Waals surface area contributed by atoms with E-state index in [0.717, 1.165) is 61.1 Å². The van der Waals surface area contributed by atoms with Gasteiger partial charge in [0.15, 0.2) is 0 Å². The molecule has 6 nitrogen and oxygen atoms in total. The number of ether oxygens (including phenoxy) is 1. The van der Waals surface area contributed by atoms with Gasteiger partial charge in [-0.1, -0.05) is 18.9 Å². The molecule has 1 aromatic carbocycles. The van der Waals surface area contributed by atoms with Crippen LogP contribution in [0.2, 0.25) is 0 Å². The highest BCUT2D eigenvalue weighted by Gasteiger charge is 2.29. The lowest BCUT2D eigenvalue weighted by Crippen LogP contribution is -2.16. The van der Waals surface area contributed by atoms with E-state index in [0.29, 0.717) is 10.6 Å². The average Bonchev–Trinajstić information content (AvgIpc) is 3.57. The molecule has 170 valence electrons. The molecule has 2 amide bonds. The third kappa shape index (κ3) is 5.72. The van der Waals surface area contributed by atoms with Gasteiger partial charge in [-0.05, 0) is 62.3 Å². The summed E-state index contributed by atoms with van der Waals surface area (Å²) in [5.41, 5.74) is 2.32. The molecule has 0 aliphatic heterocycles. The fourth-order valence-corrected chi connectivity index (χ4v) is 5.94. The summed E-state index contributed by atoms with van der Waals surface area (Å²) in [6.07, 6.45) is 8.21. The number of anilines is 2. The van der Waals surface area contributed by atoms with Crippen molar-refractivity contribution in [3.05, 3.63) is 40.3 Å². The predicted molar refractivity (Wildman–Crippen MR) is 129 cm³/mol. The number of carbonyl (C=O) groups is 3. The quantitative estimate of drug-likeness (QED) is 0.423. The van der Waals surface area contributed by atoms with Crippen molar-refractivity contribution in [1.29, 1.82) is 0 Å². The molecule has 1 heterocycles. The van der Waals surface area contributed by atoms with Gasteiger partial charge in [0.25, 0.3) is 0 Å². The Morgan fingerprint density at radius 1 is 1.09 bits per heavy atom. The number of fused-ring (bicyclic) bond motifs is 1. The normalized spacial score (nSPS) is 15.8. The van der Waals surface area contributed by atoms with Crippen LogP contribution in [0.4, 0.5) is 10.7 Å². The molecule has 2 N–H and O–H groups in total. The van der Waals surface area contributed by atoms with Gasteiger partial charge in [-0.2, -0.15) is 0 Å². The van der Waals surface area contributed by atoms with Crippen LogP contribution in [-0.2, 0) is 27.2 Å². The highest BCUT2D eigenvalue weighted by Crippen LogP contribution is 2.38. The third-order valence-corrected chi connectivity index (χ3v) is 7.93. The highest BCUT2D eigenvalue weighted by atomic mass is 32.2. The predicted octanol–water partition coefficient (Wildman–Crippen LogP) is 5.27. The second-order valence-electron chi connectivity index (χ2n) is 8.24. The minimum absolute atomic E-state index is 0.0634. The van der Waals surface area contributed by atoms with Crippen LogP contribution < -0.4 is 10.6 Å². The number of hydrogen-bond acceptors (Lipinski definition) is 6. The maximum absolute atomic E-state index is 12.7. The Balaban J connectivity index is 1.41. The number of methoxy groups -OCH3 is 1. The summed E-state index contributed by atoms with van der Waals surface area (Å²) in [4.78, 5) is 39.3. The molecule has 1 fully saturated rings. The van der Waals surface area contributed by atoms with Gasteiger partial charge in [0.2, 0.25) is 11.8 Å². The Morgan fingerprint density at radius 2 is 1.88 bits per heavy atom. The summed E-state index contributed by atoms with van der Waals surface area (Å²) in [5, 5.41) is 6.48. The van der Waals surface area contributed by atoms with Crippen LogP contribution in [-0.4, -0.2) is 30.6 Å². The molecule has 0 atom stereocenters. The van der Waals surface area contributed by atoms with Crippen LogP contribution in [0.15, 0.2) is 29.2 Å². The van der Waals surface area contributed by atoms with E-state index in [4.69, 9.17) is 4.74 Å². The number of aryl methyl sites for hydroxylation is 1. The van der Waals surface area contributed by atoms with Crippen molar-refractivity contribution in [1.82, 2.24) is 0 Å². The van der Waals surface area contributed by atoms with E-state index in [-0.39, 0.29) is 29.5 Å². The molecule has 2 aromatic rings. The lowest BCUT2D eigenvalue weighted by molar-refractivity contribution is -0.117. The summed E-state index contributed by atoms with van der Waals surface area (Å²) in [6, 6.07) is 7.53. The number of thioether (sulfide) groups is 1. The number of esters is 1. The first-order valence-corrected chi connectivity index (χ1v) is 12.9. The molecular weight excluding hydrogens is 444 g/mol. The van der Waals surface area contributed by atoms with Crippen LogP contribution in [0.3, 0.4) is 0 Å². The molecule has 2 aliphatic rings. The van der Waals surface area contributed by atoms with E-state index in [1.54, 1.807) is 0 Å². The van der Waals surface area contributed by atoms with Crippen LogP contribution >= 0.6 is 23.1 Å². The number of amides is 2. The number of carbonyl (C=O) groups excluding carboxylic acids is 3. The zero-order valence-electron chi connectivity index (χ0n) is 18.2. The van der Waals surface area contributed by atoms with Crippen LogP contribution in [0.5, 0.6) is 0 Å². The molecule has 1 saturated carbocycles. The first kappa shape index (κ1) is 22.9. The zero-order chi connectivity index (χ0) is 22.5. The Kier molecular flexibility index (Phi) is 7.52. The first-order valence-electron chi connectivity index (χ1n) is 11.1. The Morgan fingerprint density at radius 3 is 2.62 bits per heavy atom. The van der Waals surface area contributed by atoms with Crippen molar-refractivity contribution in [2.45, 2.75) is 56.3 Å². The van der Waals surface area contributed by atoms with Crippen LogP contribution in [0.25, 0.3) is 0 Å². The number of nitrogens with one attached hydrogen (secondary N) is 2. The van der Waals surface area contributed by atoms with Gasteiger partial charge in [0.05, 0.1) is 18.4 Å². The topological polar surface area (TPSA) is 84.5 Å². The van der Waals surface area contributed by atoms with Gasteiger partial charge in [0, 0.05) is 21.4 Å². The highest BCUT2D eigenvalue weighted by molar-refractivity contribution is 8.00. The Labute approximate surface area is 196 Å². The number of rotatable bonds is 7.